The molecule has 2 aromatic carbocycles. The van der Waals surface area contributed by atoms with Crippen molar-refractivity contribution in [3.05, 3.63) is 87.2 Å². The summed E-state index contributed by atoms with van der Waals surface area (Å²) >= 11 is 7.54. The van der Waals surface area contributed by atoms with Crippen LogP contribution >= 0.6 is 22.9 Å². The third kappa shape index (κ3) is 3.59. The van der Waals surface area contributed by atoms with E-state index in [9.17, 15) is 9.59 Å². The van der Waals surface area contributed by atoms with E-state index in [4.69, 9.17) is 11.6 Å². The van der Waals surface area contributed by atoms with E-state index in [0.717, 1.165) is 16.5 Å². The molecule has 0 saturated carbocycles. The Morgan fingerprint density at radius 3 is 2.68 bits per heavy atom. The summed E-state index contributed by atoms with van der Waals surface area (Å²) in [6.45, 7) is 2.01. The van der Waals surface area contributed by atoms with E-state index in [-0.39, 0.29) is 18.2 Å². The van der Waals surface area contributed by atoms with E-state index < -0.39 is 0 Å². The fourth-order valence-corrected chi connectivity index (χ4v) is 3.98. The van der Waals surface area contributed by atoms with Crippen LogP contribution in [0.3, 0.4) is 0 Å². The minimum Gasteiger partial charge on any atom is -0.337 e. The first-order valence-electron chi connectivity index (χ1n) is 8.75. The van der Waals surface area contributed by atoms with Gasteiger partial charge in [-0.25, -0.2) is 0 Å². The van der Waals surface area contributed by atoms with Gasteiger partial charge in [0.25, 0.3) is 0 Å². The molecule has 0 spiro atoms. The number of carbonyl (C=O) groups is 2. The predicted molar refractivity (Wildman–Crippen MR) is 115 cm³/mol. The van der Waals surface area contributed by atoms with Gasteiger partial charge in [0.15, 0.2) is 0 Å². The van der Waals surface area contributed by atoms with Crippen molar-refractivity contribution in [2.24, 2.45) is 0 Å². The lowest BCUT2D eigenvalue weighted by molar-refractivity contribution is -0.116. The summed E-state index contributed by atoms with van der Waals surface area (Å²) in [6.07, 6.45) is 1.76. The number of aromatic nitrogens is 1. The van der Waals surface area contributed by atoms with E-state index in [1.54, 1.807) is 16.8 Å². The molecule has 140 valence electrons. The van der Waals surface area contributed by atoms with Crippen LogP contribution in [-0.2, 0) is 11.3 Å². The molecule has 0 aliphatic carbocycles. The first-order valence-corrected chi connectivity index (χ1v) is 10.0. The molecule has 6 heteroatoms. The van der Waals surface area contributed by atoms with Gasteiger partial charge in [0.05, 0.1) is 4.88 Å². The normalized spacial score (nSPS) is 10.9. The minimum atomic E-state index is -0.184. The summed E-state index contributed by atoms with van der Waals surface area (Å²) in [5.74, 6) is -0.216. The van der Waals surface area contributed by atoms with Crippen molar-refractivity contribution in [3.8, 4) is 0 Å². The maximum Gasteiger partial charge on any atom is 0.244 e. The quantitative estimate of drug-likeness (QED) is 0.441. The van der Waals surface area contributed by atoms with E-state index in [0.29, 0.717) is 21.2 Å². The zero-order valence-electron chi connectivity index (χ0n) is 15.1. The van der Waals surface area contributed by atoms with Crippen LogP contribution < -0.4 is 5.32 Å². The van der Waals surface area contributed by atoms with Crippen molar-refractivity contribution in [1.29, 1.82) is 0 Å². The Hall–Kier alpha value is -2.89. The molecule has 4 aromatic rings. The van der Waals surface area contributed by atoms with Crippen molar-refractivity contribution >= 4 is 51.2 Å². The first kappa shape index (κ1) is 18.5. The lowest BCUT2D eigenvalue weighted by Gasteiger charge is -2.08. The number of aryl methyl sites for hydroxylation is 1. The van der Waals surface area contributed by atoms with E-state index in [1.807, 2.05) is 60.8 Å². The number of benzene rings is 2. The molecule has 1 N–H and O–H groups in total. The maximum atomic E-state index is 12.9. The van der Waals surface area contributed by atoms with E-state index in [1.165, 1.54) is 11.3 Å². The number of nitrogens with zero attached hydrogens (tertiary/aromatic N) is 1. The fourth-order valence-electron chi connectivity index (χ4n) is 3.12. The number of ketones is 1. The molecule has 0 aliphatic heterocycles. The average Bonchev–Trinajstić information content (AvgIpc) is 3.33. The van der Waals surface area contributed by atoms with Crippen molar-refractivity contribution in [2.75, 3.05) is 5.32 Å². The van der Waals surface area contributed by atoms with Crippen LogP contribution in [0, 0.1) is 6.92 Å². The lowest BCUT2D eigenvalue weighted by atomic mass is 10.1. The van der Waals surface area contributed by atoms with Crippen molar-refractivity contribution in [1.82, 2.24) is 4.57 Å². The summed E-state index contributed by atoms with van der Waals surface area (Å²) in [4.78, 5) is 26.1. The van der Waals surface area contributed by atoms with Crippen LogP contribution in [0.5, 0.6) is 0 Å². The number of hydrogen-bond acceptors (Lipinski definition) is 3. The molecular weight excluding hydrogens is 392 g/mol. The van der Waals surface area contributed by atoms with Crippen LogP contribution in [0.25, 0.3) is 10.9 Å². The van der Waals surface area contributed by atoms with Crippen molar-refractivity contribution in [2.45, 2.75) is 13.5 Å². The van der Waals surface area contributed by atoms with Gasteiger partial charge < -0.3 is 9.88 Å². The van der Waals surface area contributed by atoms with E-state index >= 15 is 0 Å². The molecule has 1 amide bonds. The summed E-state index contributed by atoms with van der Waals surface area (Å²) in [5.41, 5.74) is 3.04. The number of thiophene rings is 1. The molecular formula is C22H17ClN2O2S. The highest BCUT2D eigenvalue weighted by Gasteiger charge is 2.18. The third-order valence-corrected chi connectivity index (χ3v) is 5.82. The molecule has 0 fully saturated rings. The Balaban J connectivity index is 1.62. The minimum absolute atomic E-state index is 0.0318. The van der Waals surface area contributed by atoms with Gasteiger partial charge >= 0.3 is 0 Å². The van der Waals surface area contributed by atoms with Crippen molar-refractivity contribution in [3.63, 3.8) is 0 Å². The average molecular weight is 409 g/mol. The monoisotopic (exact) mass is 408 g/mol. The number of amides is 1. The Kier molecular flexibility index (Phi) is 5.03. The highest BCUT2D eigenvalue weighted by atomic mass is 35.5. The number of nitrogens with one attached hydrogen (secondary N) is 1. The van der Waals surface area contributed by atoms with Crippen molar-refractivity contribution < 1.29 is 9.59 Å². The lowest BCUT2D eigenvalue weighted by Crippen LogP contribution is -2.18. The second-order valence-corrected chi connectivity index (χ2v) is 7.86. The molecule has 0 atom stereocenters. The fraction of sp³-hybridized carbons (Fsp3) is 0.0909. The van der Waals surface area contributed by atoms with Gasteiger partial charge in [-0.2, -0.15) is 0 Å². The topological polar surface area (TPSA) is 51.1 Å². The molecule has 2 aromatic heterocycles. The molecule has 28 heavy (non-hydrogen) atoms. The van der Waals surface area contributed by atoms with Crippen LogP contribution in [0.15, 0.2) is 66.2 Å². The number of hydrogen-bond donors (Lipinski definition) is 1. The largest absolute Gasteiger partial charge is 0.337 e. The zero-order chi connectivity index (χ0) is 19.7. The maximum absolute atomic E-state index is 12.9. The SMILES string of the molecule is Cc1ccc(NC(=O)Cn2cc(C(=O)c3cccs3)c3ccccc32)cc1Cl. The Morgan fingerprint density at radius 1 is 1.11 bits per heavy atom. The number of para-hydroxylation sites is 1. The smallest absolute Gasteiger partial charge is 0.244 e. The van der Waals surface area contributed by atoms with Gasteiger partial charge in [-0.3, -0.25) is 9.59 Å². The highest BCUT2D eigenvalue weighted by molar-refractivity contribution is 7.12. The van der Waals surface area contributed by atoms with E-state index in [2.05, 4.69) is 5.32 Å². The summed E-state index contributed by atoms with van der Waals surface area (Å²) in [7, 11) is 0. The van der Waals surface area contributed by atoms with Gasteiger partial charge in [0.1, 0.15) is 6.54 Å². The number of fused-ring (bicyclic) bond motifs is 1. The number of rotatable bonds is 5. The summed E-state index contributed by atoms with van der Waals surface area (Å²) in [5, 5.41) is 6.19. The van der Waals surface area contributed by atoms with Gasteiger partial charge in [0.2, 0.25) is 11.7 Å². The van der Waals surface area contributed by atoms with Gasteiger partial charge in [-0.1, -0.05) is 41.9 Å². The first-order chi connectivity index (χ1) is 13.5. The second-order valence-electron chi connectivity index (χ2n) is 6.51. The number of carbonyl (C=O) groups excluding carboxylic acids is 2. The molecule has 0 aliphatic rings. The van der Waals surface area contributed by atoms with Gasteiger partial charge in [-0.15, -0.1) is 11.3 Å². The van der Waals surface area contributed by atoms with Crippen LogP contribution in [0.1, 0.15) is 20.8 Å². The van der Waals surface area contributed by atoms with Gasteiger partial charge in [-0.05, 0) is 42.1 Å². The highest BCUT2D eigenvalue weighted by Crippen LogP contribution is 2.26. The standard InChI is InChI=1S/C22H17ClN2O2S/c1-14-8-9-15(11-18(14)23)24-21(26)13-25-12-17(16-5-2-3-6-19(16)25)22(27)20-7-4-10-28-20/h2-12H,13H2,1H3,(H,24,26). The third-order valence-electron chi connectivity index (χ3n) is 4.55. The molecule has 2 heterocycles. The summed E-state index contributed by atoms with van der Waals surface area (Å²) in [6, 6.07) is 16.7. The van der Waals surface area contributed by atoms with Gasteiger partial charge in [0, 0.05) is 33.4 Å². The van der Waals surface area contributed by atoms with Crippen LogP contribution in [0.4, 0.5) is 5.69 Å². The molecule has 0 unspecified atom stereocenters. The Morgan fingerprint density at radius 2 is 1.93 bits per heavy atom. The Labute approximate surface area is 171 Å². The second kappa shape index (κ2) is 7.62. The zero-order valence-corrected chi connectivity index (χ0v) is 16.7. The number of halogens is 1. The van der Waals surface area contributed by atoms with Crippen LogP contribution in [0.2, 0.25) is 5.02 Å². The number of anilines is 1. The summed E-state index contributed by atoms with van der Waals surface area (Å²) < 4.78 is 1.81. The molecule has 0 radical (unpaired) electrons. The molecule has 4 nitrogen and oxygen atoms in total. The predicted octanol–water partition coefficient (Wildman–Crippen LogP) is 5.53. The Bertz CT molecular complexity index is 1180. The molecule has 0 saturated heterocycles. The van der Waals surface area contributed by atoms with Crippen LogP contribution in [-0.4, -0.2) is 16.3 Å². The molecule has 0 bridgehead atoms. The molecule has 4 rings (SSSR count).